The predicted octanol–water partition coefficient (Wildman–Crippen LogP) is 0.583. The summed E-state index contributed by atoms with van der Waals surface area (Å²) in [6.07, 6.45) is 5.05. The highest BCUT2D eigenvalue weighted by atomic mass is 32.2. The van der Waals surface area contributed by atoms with Crippen LogP contribution in [0.3, 0.4) is 0 Å². The van der Waals surface area contributed by atoms with Crippen LogP contribution in [0.2, 0.25) is 0 Å². The number of aliphatic carboxylic acids is 1. The summed E-state index contributed by atoms with van der Waals surface area (Å²) in [7, 11) is 0. The largest absolute Gasteiger partial charge is 0.478 e. The Hall–Kier alpha value is -0.920. The van der Waals surface area contributed by atoms with Gasteiger partial charge in [-0.25, -0.2) is 4.79 Å². The van der Waals surface area contributed by atoms with Gasteiger partial charge in [-0.2, -0.15) is 0 Å². The zero-order valence-corrected chi connectivity index (χ0v) is 8.19. The lowest BCUT2D eigenvalue weighted by Crippen LogP contribution is -2.22. The minimum absolute atomic E-state index is 0.182. The third-order valence-corrected chi connectivity index (χ3v) is 2.11. The number of carbonyl (C=O) groups is 1. The highest BCUT2D eigenvalue weighted by Gasteiger charge is 2.01. The van der Waals surface area contributed by atoms with E-state index >= 15 is 0 Å². The first-order valence-corrected chi connectivity index (χ1v) is 4.97. The normalized spacial score (nSPS) is 9.15. The summed E-state index contributed by atoms with van der Waals surface area (Å²) >= 11 is 1.64. The lowest BCUT2D eigenvalue weighted by molar-refractivity contribution is -0.132. The van der Waals surface area contributed by atoms with Crippen molar-refractivity contribution in [3.8, 4) is 12.3 Å². The first kappa shape index (κ1) is 12.1. The van der Waals surface area contributed by atoms with Gasteiger partial charge in [0.15, 0.2) is 0 Å². The molecule has 0 saturated heterocycles. The third-order valence-electron chi connectivity index (χ3n) is 1.25. The monoisotopic (exact) mass is 199 g/mol. The zero-order valence-electron chi connectivity index (χ0n) is 7.38. The van der Waals surface area contributed by atoms with Gasteiger partial charge in [0, 0.05) is 24.4 Å². The Labute approximate surface area is 82.6 Å². The van der Waals surface area contributed by atoms with Crippen molar-refractivity contribution in [1.82, 2.24) is 5.32 Å². The van der Waals surface area contributed by atoms with E-state index in [4.69, 9.17) is 11.5 Å². The van der Waals surface area contributed by atoms with Crippen LogP contribution in [-0.2, 0) is 4.79 Å². The number of hydrogen-bond donors (Lipinski definition) is 2. The summed E-state index contributed by atoms with van der Waals surface area (Å²) in [5.41, 5.74) is 0.182. The molecule has 0 aliphatic rings. The molecule has 0 atom stereocenters. The van der Waals surface area contributed by atoms with Crippen molar-refractivity contribution in [3.05, 3.63) is 12.2 Å². The van der Waals surface area contributed by atoms with Crippen molar-refractivity contribution in [3.63, 3.8) is 0 Å². The van der Waals surface area contributed by atoms with Gasteiger partial charge in [0.1, 0.15) is 0 Å². The van der Waals surface area contributed by atoms with E-state index in [1.54, 1.807) is 11.8 Å². The maximum atomic E-state index is 10.3. The van der Waals surface area contributed by atoms with E-state index in [0.717, 1.165) is 12.3 Å². The fourth-order valence-corrected chi connectivity index (χ4v) is 1.14. The van der Waals surface area contributed by atoms with E-state index in [0.29, 0.717) is 12.3 Å². The second-order valence-electron chi connectivity index (χ2n) is 2.34. The quantitative estimate of drug-likeness (QED) is 0.358. The van der Waals surface area contributed by atoms with E-state index in [2.05, 4.69) is 17.8 Å². The number of nitrogens with one attached hydrogen (secondary N) is 1. The number of carboxylic acids is 1. The van der Waals surface area contributed by atoms with E-state index in [-0.39, 0.29) is 5.57 Å². The van der Waals surface area contributed by atoms with Crippen LogP contribution in [0.4, 0.5) is 0 Å². The van der Waals surface area contributed by atoms with E-state index in [1.165, 1.54) is 0 Å². The van der Waals surface area contributed by atoms with Gasteiger partial charge in [-0.05, 0) is 0 Å². The van der Waals surface area contributed by atoms with Crippen LogP contribution in [0.5, 0.6) is 0 Å². The Balaban J connectivity index is 3.22. The van der Waals surface area contributed by atoms with Crippen LogP contribution in [0.25, 0.3) is 0 Å². The number of thioether (sulfide) groups is 1. The van der Waals surface area contributed by atoms with Crippen LogP contribution in [0.15, 0.2) is 12.2 Å². The Morgan fingerprint density at radius 3 is 2.92 bits per heavy atom. The van der Waals surface area contributed by atoms with Crippen molar-refractivity contribution < 1.29 is 9.90 Å². The molecule has 0 rings (SSSR count). The molecule has 0 unspecified atom stereocenters. The van der Waals surface area contributed by atoms with E-state index in [1.807, 2.05) is 0 Å². The average Bonchev–Trinajstić information content (AvgIpc) is 2.10. The molecular weight excluding hydrogens is 186 g/mol. The van der Waals surface area contributed by atoms with Crippen LogP contribution >= 0.6 is 11.8 Å². The van der Waals surface area contributed by atoms with Gasteiger partial charge in [0.2, 0.25) is 0 Å². The summed E-state index contributed by atoms with van der Waals surface area (Å²) in [6.45, 7) is 4.46. The molecular formula is C9H13NO2S. The molecule has 0 aromatic rings. The van der Waals surface area contributed by atoms with Crippen molar-refractivity contribution in [1.29, 1.82) is 0 Å². The van der Waals surface area contributed by atoms with Crippen LogP contribution in [-0.4, -0.2) is 35.7 Å². The molecule has 0 radical (unpaired) electrons. The zero-order chi connectivity index (χ0) is 10.1. The molecule has 0 aromatic carbocycles. The number of terminal acetylenes is 1. The van der Waals surface area contributed by atoms with E-state index in [9.17, 15) is 4.79 Å². The summed E-state index contributed by atoms with van der Waals surface area (Å²) in [5.74, 6) is 3.14. The minimum atomic E-state index is -0.955. The first-order chi connectivity index (χ1) is 6.18. The van der Waals surface area contributed by atoms with Crippen molar-refractivity contribution in [2.45, 2.75) is 0 Å². The molecule has 0 bridgehead atoms. The molecule has 2 N–H and O–H groups in total. The maximum Gasteiger partial charge on any atom is 0.332 e. The summed E-state index contributed by atoms with van der Waals surface area (Å²) in [6, 6.07) is 0. The molecule has 0 amide bonds. The fourth-order valence-electron chi connectivity index (χ4n) is 0.590. The second-order valence-corrected chi connectivity index (χ2v) is 3.45. The highest BCUT2D eigenvalue weighted by molar-refractivity contribution is 7.99. The minimum Gasteiger partial charge on any atom is -0.478 e. The molecule has 0 saturated carbocycles. The van der Waals surface area contributed by atoms with Crippen molar-refractivity contribution in [2.75, 3.05) is 24.6 Å². The van der Waals surface area contributed by atoms with Gasteiger partial charge in [-0.3, -0.25) is 0 Å². The van der Waals surface area contributed by atoms with Gasteiger partial charge in [-0.15, -0.1) is 18.2 Å². The topological polar surface area (TPSA) is 49.3 Å². The highest BCUT2D eigenvalue weighted by Crippen LogP contribution is 1.95. The van der Waals surface area contributed by atoms with Crippen molar-refractivity contribution >= 4 is 17.7 Å². The third kappa shape index (κ3) is 7.44. The van der Waals surface area contributed by atoms with Gasteiger partial charge in [0.05, 0.1) is 5.75 Å². The van der Waals surface area contributed by atoms with Gasteiger partial charge < -0.3 is 10.4 Å². The lowest BCUT2D eigenvalue weighted by atomic mass is 10.3. The smallest absolute Gasteiger partial charge is 0.332 e. The van der Waals surface area contributed by atoms with Crippen LogP contribution < -0.4 is 5.32 Å². The lowest BCUT2D eigenvalue weighted by Gasteiger charge is -2.02. The van der Waals surface area contributed by atoms with Crippen molar-refractivity contribution in [2.24, 2.45) is 0 Å². The molecule has 4 heteroatoms. The Morgan fingerprint density at radius 1 is 1.69 bits per heavy atom. The molecule has 0 spiro atoms. The SMILES string of the molecule is C#CCSCCNCC(=C)C(=O)O. The summed E-state index contributed by atoms with van der Waals surface area (Å²) in [5, 5.41) is 11.4. The molecule has 0 heterocycles. The predicted molar refractivity (Wildman–Crippen MR) is 55.8 cm³/mol. The Morgan fingerprint density at radius 2 is 2.38 bits per heavy atom. The molecule has 0 aliphatic carbocycles. The number of carboxylic acid groups (broad SMARTS) is 1. The van der Waals surface area contributed by atoms with Gasteiger partial charge >= 0.3 is 5.97 Å². The maximum absolute atomic E-state index is 10.3. The number of rotatable bonds is 7. The Bertz CT molecular complexity index is 220. The molecule has 0 fully saturated rings. The average molecular weight is 199 g/mol. The molecule has 3 nitrogen and oxygen atoms in total. The summed E-state index contributed by atoms with van der Waals surface area (Å²) in [4.78, 5) is 10.3. The molecule has 13 heavy (non-hydrogen) atoms. The molecule has 0 aromatic heterocycles. The first-order valence-electron chi connectivity index (χ1n) is 3.81. The standard InChI is InChI=1S/C9H13NO2S/c1-3-5-13-6-4-10-7-8(2)9(11)12/h1,10H,2,4-7H2,(H,11,12). The number of hydrogen-bond acceptors (Lipinski definition) is 3. The summed E-state index contributed by atoms with van der Waals surface area (Å²) < 4.78 is 0. The van der Waals surface area contributed by atoms with Gasteiger partial charge in [0.25, 0.3) is 0 Å². The fraction of sp³-hybridized carbons (Fsp3) is 0.444. The van der Waals surface area contributed by atoms with Gasteiger partial charge in [-0.1, -0.05) is 12.5 Å². The molecule has 72 valence electrons. The van der Waals surface area contributed by atoms with Crippen LogP contribution in [0, 0.1) is 12.3 Å². The van der Waals surface area contributed by atoms with Crippen LogP contribution in [0.1, 0.15) is 0 Å². The molecule has 0 aliphatic heterocycles. The Kier molecular flexibility index (Phi) is 7.17. The second kappa shape index (κ2) is 7.71. The van der Waals surface area contributed by atoms with E-state index < -0.39 is 5.97 Å².